The third-order valence-electron chi connectivity index (χ3n) is 12.5. The summed E-state index contributed by atoms with van der Waals surface area (Å²) in [6, 6.07) is 0. The molecule has 0 radical (unpaired) electrons. The van der Waals surface area contributed by atoms with Crippen molar-refractivity contribution in [2.45, 2.75) is 110 Å². The summed E-state index contributed by atoms with van der Waals surface area (Å²) >= 11 is 0. The van der Waals surface area contributed by atoms with Gasteiger partial charge in [0.15, 0.2) is 5.72 Å². The highest BCUT2D eigenvalue weighted by Crippen LogP contribution is 2.71. The van der Waals surface area contributed by atoms with Crippen LogP contribution >= 0.6 is 0 Å². The summed E-state index contributed by atoms with van der Waals surface area (Å²) < 4.78 is 12.9. The molecule has 35 heavy (non-hydrogen) atoms. The third kappa shape index (κ3) is 3.45. The second-order valence-corrected chi connectivity index (χ2v) is 13.9. The van der Waals surface area contributed by atoms with E-state index in [0.717, 1.165) is 31.1 Å². The van der Waals surface area contributed by atoms with E-state index >= 15 is 0 Å². The van der Waals surface area contributed by atoms with Gasteiger partial charge in [0, 0.05) is 26.0 Å². The monoisotopic (exact) mass is 489 g/mol. The van der Waals surface area contributed by atoms with E-state index in [4.69, 9.17) is 9.47 Å². The number of rotatable bonds is 2. The van der Waals surface area contributed by atoms with Crippen molar-refractivity contribution in [3.8, 4) is 0 Å². The van der Waals surface area contributed by atoms with Crippen LogP contribution in [0.25, 0.3) is 0 Å². The Kier molecular flexibility index (Phi) is 5.92. The maximum atomic E-state index is 12.0. The summed E-state index contributed by atoms with van der Waals surface area (Å²) in [5, 5.41) is 23.8. The Labute approximate surface area is 210 Å². The Morgan fingerprint density at radius 1 is 1.06 bits per heavy atom. The van der Waals surface area contributed by atoms with Crippen molar-refractivity contribution in [1.82, 2.24) is 5.32 Å². The topological polar surface area (TPSA) is 88.0 Å². The van der Waals surface area contributed by atoms with Crippen molar-refractivity contribution in [2.75, 3.05) is 13.2 Å². The maximum absolute atomic E-state index is 12.0. The van der Waals surface area contributed by atoms with Crippen LogP contribution in [0.1, 0.15) is 85.5 Å². The van der Waals surface area contributed by atoms with Gasteiger partial charge in [0.1, 0.15) is 6.10 Å². The molecule has 1 spiro atoms. The van der Waals surface area contributed by atoms with Gasteiger partial charge >= 0.3 is 5.97 Å². The van der Waals surface area contributed by atoms with E-state index in [0.29, 0.717) is 36.1 Å². The smallest absolute Gasteiger partial charge is 0.303 e. The van der Waals surface area contributed by atoms with Crippen LogP contribution < -0.4 is 5.32 Å². The van der Waals surface area contributed by atoms with E-state index in [1.807, 2.05) is 0 Å². The zero-order valence-electron chi connectivity index (χ0n) is 22.2. The van der Waals surface area contributed by atoms with Crippen molar-refractivity contribution in [3.05, 3.63) is 0 Å². The fourth-order valence-electron chi connectivity index (χ4n) is 10.9. The van der Waals surface area contributed by atoms with Gasteiger partial charge in [0.25, 0.3) is 0 Å². The lowest BCUT2D eigenvalue weighted by Crippen LogP contribution is -2.65. The van der Waals surface area contributed by atoms with Crippen molar-refractivity contribution in [2.24, 2.45) is 52.3 Å². The number of aliphatic hydroxyl groups is 2. The van der Waals surface area contributed by atoms with Gasteiger partial charge in [-0.05, 0) is 104 Å². The van der Waals surface area contributed by atoms with Crippen LogP contribution in [0.3, 0.4) is 0 Å². The molecule has 0 aromatic heterocycles. The first-order valence-electron chi connectivity index (χ1n) is 14.5. The highest BCUT2D eigenvalue weighted by atomic mass is 16.6. The van der Waals surface area contributed by atoms with Gasteiger partial charge in [-0.15, -0.1) is 0 Å². The van der Waals surface area contributed by atoms with Gasteiger partial charge in [-0.1, -0.05) is 20.8 Å². The number of hydrogen-bond donors (Lipinski definition) is 3. The average Bonchev–Trinajstić information content (AvgIpc) is 3.26. The quantitative estimate of drug-likeness (QED) is 0.510. The van der Waals surface area contributed by atoms with E-state index in [-0.39, 0.29) is 48.1 Å². The summed E-state index contributed by atoms with van der Waals surface area (Å²) in [5.41, 5.74) is 0.00257. The Bertz CT molecular complexity index is 851. The minimum Gasteiger partial charge on any atom is -0.458 e. The Balaban J connectivity index is 1.26. The molecular weight excluding hydrogens is 442 g/mol. The van der Waals surface area contributed by atoms with Gasteiger partial charge in [-0.2, -0.15) is 0 Å². The molecule has 0 amide bonds. The summed E-state index contributed by atoms with van der Waals surface area (Å²) in [6.45, 7) is 9.72. The Morgan fingerprint density at radius 3 is 2.57 bits per heavy atom. The lowest BCUT2D eigenvalue weighted by Gasteiger charge is -2.61. The van der Waals surface area contributed by atoms with Gasteiger partial charge < -0.3 is 19.7 Å². The number of nitrogens with one attached hydrogen (secondary N) is 1. The van der Waals surface area contributed by atoms with Gasteiger partial charge in [-0.3, -0.25) is 10.1 Å². The molecule has 6 rings (SSSR count). The molecule has 6 aliphatic rings. The second-order valence-electron chi connectivity index (χ2n) is 13.9. The molecule has 2 saturated heterocycles. The summed E-state index contributed by atoms with van der Waals surface area (Å²) in [7, 11) is 0. The maximum Gasteiger partial charge on any atom is 0.303 e. The average molecular weight is 490 g/mol. The van der Waals surface area contributed by atoms with Crippen LogP contribution in [0.4, 0.5) is 0 Å². The number of fused-ring (bicyclic) bond motifs is 7. The third-order valence-corrected chi connectivity index (χ3v) is 12.5. The molecule has 2 aliphatic heterocycles. The molecule has 6 heteroatoms. The standard InChI is InChI=1S/C29H47NO5/c1-16-26-24(35-29(16)25(34-17(2)32)11-18(15-31)14-30-29)13-23-21-6-5-19-12-20(33)7-9-27(19,3)22(21)8-10-28(23,26)4/h16,18-26,30-31,33H,5-15H2,1-4H3/t16-,18-,19-,20-,21+,22-,23-,24-,25-,26-,27-,28-,29-/m0/s1. The van der Waals surface area contributed by atoms with Crippen LogP contribution in [0.5, 0.6) is 0 Å². The van der Waals surface area contributed by atoms with E-state index in [1.54, 1.807) is 0 Å². The fourth-order valence-corrected chi connectivity index (χ4v) is 10.9. The summed E-state index contributed by atoms with van der Waals surface area (Å²) in [4.78, 5) is 12.0. The molecule has 198 valence electrons. The number of aliphatic hydroxyl groups excluding tert-OH is 2. The predicted molar refractivity (Wildman–Crippen MR) is 132 cm³/mol. The molecule has 2 heterocycles. The molecule has 6 fully saturated rings. The molecular formula is C29H47NO5. The second kappa shape index (κ2) is 8.41. The van der Waals surface area contributed by atoms with E-state index in [9.17, 15) is 15.0 Å². The van der Waals surface area contributed by atoms with Crippen molar-refractivity contribution < 1.29 is 24.5 Å². The summed E-state index contributed by atoms with van der Waals surface area (Å²) in [5.74, 6) is 3.46. The minimum absolute atomic E-state index is 0.0879. The van der Waals surface area contributed by atoms with Crippen molar-refractivity contribution >= 4 is 5.97 Å². The molecule has 0 aromatic rings. The highest BCUT2D eigenvalue weighted by Gasteiger charge is 2.70. The number of hydrogen-bond acceptors (Lipinski definition) is 6. The van der Waals surface area contributed by atoms with Crippen LogP contribution in [0.15, 0.2) is 0 Å². The van der Waals surface area contributed by atoms with Crippen molar-refractivity contribution in [3.63, 3.8) is 0 Å². The molecule has 0 unspecified atom stereocenters. The zero-order valence-corrected chi connectivity index (χ0v) is 22.2. The lowest BCUT2D eigenvalue weighted by atomic mass is 9.44. The zero-order chi connectivity index (χ0) is 24.8. The van der Waals surface area contributed by atoms with Crippen LogP contribution in [-0.4, -0.2) is 53.4 Å². The van der Waals surface area contributed by atoms with E-state index in [2.05, 4.69) is 26.1 Å². The first-order valence-corrected chi connectivity index (χ1v) is 14.5. The van der Waals surface area contributed by atoms with Crippen LogP contribution in [0.2, 0.25) is 0 Å². The predicted octanol–water partition coefficient (Wildman–Crippen LogP) is 3.88. The lowest BCUT2D eigenvalue weighted by molar-refractivity contribution is -0.203. The van der Waals surface area contributed by atoms with Crippen molar-refractivity contribution in [1.29, 1.82) is 0 Å². The van der Waals surface area contributed by atoms with Gasteiger partial charge in [0.2, 0.25) is 0 Å². The molecule has 0 aromatic carbocycles. The Hall–Kier alpha value is -0.690. The van der Waals surface area contributed by atoms with Gasteiger partial charge in [-0.25, -0.2) is 0 Å². The Morgan fingerprint density at radius 2 is 1.83 bits per heavy atom. The van der Waals surface area contributed by atoms with Gasteiger partial charge in [0.05, 0.1) is 12.2 Å². The summed E-state index contributed by atoms with van der Waals surface area (Å²) in [6.07, 6.45) is 9.85. The molecule has 6 nitrogen and oxygen atoms in total. The number of carbonyl (C=O) groups is 1. The molecule has 4 aliphatic carbocycles. The normalized spacial score (nSPS) is 57.2. The van der Waals surface area contributed by atoms with E-state index < -0.39 is 5.72 Å². The highest BCUT2D eigenvalue weighted by molar-refractivity contribution is 5.66. The first-order chi connectivity index (χ1) is 16.6. The number of ether oxygens (including phenoxy) is 2. The fraction of sp³-hybridized carbons (Fsp3) is 0.966. The van der Waals surface area contributed by atoms with Crippen LogP contribution in [0, 0.1) is 52.3 Å². The SMILES string of the molecule is CC(=O)O[C@H]1C[C@H](CO)CN[C@@]12O[C@H]1C[C@H]3[C@@H]4CC[C@H]5C[C@@H](O)CC[C@]5(C)[C@H]4CC[C@]3(C)[C@H]1[C@@H]2C. The minimum atomic E-state index is -0.638. The molecule has 3 N–H and O–H groups in total. The molecule has 13 atom stereocenters. The van der Waals surface area contributed by atoms with Crippen LogP contribution in [-0.2, 0) is 14.3 Å². The first kappa shape index (κ1) is 24.6. The number of piperidine rings is 1. The number of carbonyl (C=O) groups excluding carboxylic acids is 1. The number of esters is 1. The largest absolute Gasteiger partial charge is 0.458 e. The van der Waals surface area contributed by atoms with E-state index in [1.165, 1.54) is 39.0 Å². The molecule has 0 bridgehead atoms. The molecule has 4 saturated carbocycles.